The average molecular weight is 302 g/mol. The van der Waals surface area contributed by atoms with Crippen LogP contribution in [-0.4, -0.2) is 30.5 Å². The first kappa shape index (κ1) is 14.5. The zero-order valence-corrected chi connectivity index (χ0v) is 12.2. The molecule has 0 aliphatic carbocycles. The van der Waals surface area contributed by atoms with Crippen molar-refractivity contribution in [2.45, 2.75) is 25.7 Å². The Morgan fingerprint density at radius 3 is 2.21 bits per heavy atom. The second kappa shape index (κ2) is 7.01. The van der Waals surface area contributed by atoms with Crippen LogP contribution in [0, 0.1) is 0 Å². The van der Waals surface area contributed by atoms with Crippen LogP contribution in [0.1, 0.15) is 25.7 Å². The molecule has 0 aromatic heterocycles. The van der Waals surface area contributed by atoms with Crippen molar-refractivity contribution in [2.24, 2.45) is 0 Å². The highest BCUT2D eigenvalue weighted by molar-refractivity contribution is 6.34. The van der Waals surface area contributed by atoms with Gasteiger partial charge in [0, 0.05) is 23.1 Å². The molecule has 1 saturated heterocycles. The van der Waals surface area contributed by atoms with Crippen molar-refractivity contribution in [3.63, 3.8) is 0 Å². The molecule has 19 heavy (non-hydrogen) atoms. The third-order valence-electron chi connectivity index (χ3n) is 3.16. The van der Waals surface area contributed by atoms with E-state index in [2.05, 4.69) is 0 Å². The number of rotatable bonds is 3. The van der Waals surface area contributed by atoms with Crippen LogP contribution >= 0.6 is 23.2 Å². The van der Waals surface area contributed by atoms with E-state index in [0.29, 0.717) is 15.8 Å². The molecule has 0 bridgehead atoms. The number of carbonyl (C=O) groups is 1. The van der Waals surface area contributed by atoms with Gasteiger partial charge in [-0.15, -0.1) is 0 Å². The Morgan fingerprint density at radius 1 is 1.05 bits per heavy atom. The summed E-state index contributed by atoms with van der Waals surface area (Å²) in [5, 5.41) is 1.01. The summed E-state index contributed by atoms with van der Waals surface area (Å²) in [7, 11) is 0. The molecule has 0 N–H and O–H groups in total. The molecule has 5 heteroatoms. The Bertz CT molecular complexity index is 423. The monoisotopic (exact) mass is 301 g/mol. The lowest BCUT2D eigenvalue weighted by Gasteiger charge is -2.20. The predicted molar refractivity (Wildman–Crippen MR) is 77.0 cm³/mol. The SMILES string of the molecule is O=C(COc1cc(Cl)cc(Cl)c1)N1CCCCCC1. The average Bonchev–Trinajstić information content (AvgIpc) is 2.63. The van der Waals surface area contributed by atoms with Gasteiger partial charge in [0.05, 0.1) is 0 Å². The van der Waals surface area contributed by atoms with Gasteiger partial charge in [0.15, 0.2) is 6.61 Å². The molecule has 1 aliphatic rings. The number of benzene rings is 1. The third-order valence-corrected chi connectivity index (χ3v) is 3.59. The summed E-state index contributed by atoms with van der Waals surface area (Å²) >= 11 is 11.8. The Hall–Kier alpha value is -0.930. The van der Waals surface area contributed by atoms with Gasteiger partial charge >= 0.3 is 0 Å². The maximum atomic E-state index is 12.0. The minimum atomic E-state index is 0.0259. The van der Waals surface area contributed by atoms with E-state index < -0.39 is 0 Å². The minimum Gasteiger partial charge on any atom is -0.484 e. The van der Waals surface area contributed by atoms with E-state index in [1.165, 1.54) is 12.8 Å². The standard InChI is InChI=1S/C14H17Cl2NO2/c15-11-7-12(16)9-13(8-11)19-10-14(18)17-5-3-1-2-4-6-17/h7-9H,1-6,10H2. The molecule has 3 nitrogen and oxygen atoms in total. The van der Waals surface area contributed by atoms with Crippen molar-refractivity contribution in [1.29, 1.82) is 0 Å². The first-order chi connectivity index (χ1) is 9.15. The van der Waals surface area contributed by atoms with E-state index in [1.54, 1.807) is 18.2 Å². The summed E-state index contributed by atoms with van der Waals surface area (Å²) in [6.07, 6.45) is 4.56. The smallest absolute Gasteiger partial charge is 0.260 e. The number of nitrogens with zero attached hydrogens (tertiary/aromatic N) is 1. The van der Waals surface area contributed by atoms with Gasteiger partial charge in [0.2, 0.25) is 0 Å². The highest BCUT2D eigenvalue weighted by Crippen LogP contribution is 2.24. The summed E-state index contributed by atoms with van der Waals surface area (Å²) in [4.78, 5) is 13.9. The lowest BCUT2D eigenvalue weighted by atomic mass is 10.2. The molecule has 1 aliphatic heterocycles. The Labute approximate surface area is 123 Å². The minimum absolute atomic E-state index is 0.0259. The third kappa shape index (κ3) is 4.59. The summed E-state index contributed by atoms with van der Waals surface area (Å²) in [5.74, 6) is 0.554. The summed E-state index contributed by atoms with van der Waals surface area (Å²) in [6, 6.07) is 4.94. The lowest BCUT2D eigenvalue weighted by molar-refractivity contribution is -0.133. The van der Waals surface area contributed by atoms with Gasteiger partial charge in [0.25, 0.3) is 5.91 Å². The van der Waals surface area contributed by atoms with E-state index in [4.69, 9.17) is 27.9 Å². The highest BCUT2D eigenvalue weighted by Gasteiger charge is 2.15. The molecule has 0 radical (unpaired) electrons. The van der Waals surface area contributed by atoms with E-state index in [0.717, 1.165) is 25.9 Å². The first-order valence-electron chi connectivity index (χ1n) is 6.52. The molecule has 1 heterocycles. The molecule has 0 spiro atoms. The molecule has 2 rings (SSSR count). The number of amides is 1. The van der Waals surface area contributed by atoms with Crippen LogP contribution in [0.3, 0.4) is 0 Å². The van der Waals surface area contributed by atoms with Crippen LogP contribution in [-0.2, 0) is 4.79 Å². The number of hydrogen-bond donors (Lipinski definition) is 0. The van der Waals surface area contributed by atoms with Gasteiger partial charge in [0.1, 0.15) is 5.75 Å². The van der Waals surface area contributed by atoms with Crippen LogP contribution in [0.5, 0.6) is 5.75 Å². The van der Waals surface area contributed by atoms with Gasteiger partial charge in [-0.05, 0) is 31.0 Å². The fraction of sp³-hybridized carbons (Fsp3) is 0.500. The molecule has 1 amide bonds. The van der Waals surface area contributed by atoms with Gasteiger partial charge in [-0.3, -0.25) is 4.79 Å². The van der Waals surface area contributed by atoms with Crippen LogP contribution in [0.2, 0.25) is 10.0 Å². The van der Waals surface area contributed by atoms with Crippen LogP contribution in [0.15, 0.2) is 18.2 Å². The topological polar surface area (TPSA) is 29.5 Å². The molecular formula is C14H17Cl2NO2. The number of hydrogen-bond acceptors (Lipinski definition) is 2. The normalized spacial score (nSPS) is 16.0. The van der Waals surface area contributed by atoms with Gasteiger partial charge in [-0.25, -0.2) is 0 Å². The fourth-order valence-corrected chi connectivity index (χ4v) is 2.67. The van der Waals surface area contributed by atoms with Crippen molar-refractivity contribution in [2.75, 3.05) is 19.7 Å². The van der Waals surface area contributed by atoms with Crippen molar-refractivity contribution >= 4 is 29.1 Å². The number of likely N-dealkylation sites (tertiary alicyclic amines) is 1. The molecule has 1 aromatic rings. The molecular weight excluding hydrogens is 285 g/mol. The van der Waals surface area contributed by atoms with Crippen molar-refractivity contribution in [1.82, 2.24) is 4.90 Å². The van der Waals surface area contributed by atoms with E-state index in [1.807, 2.05) is 4.90 Å². The largest absolute Gasteiger partial charge is 0.484 e. The molecule has 0 unspecified atom stereocenters. The van der Waals surface area contributed by atoms with Crippen LogP contribution < -0.4 is 4.74 Å². The van der Waals surface area contributed by atoms with Crippen LogP contribution in [0.4, 0.5) is 0 Å². The zero-order chi connectivity index (χ0) is 13.7. The quantitative estimate of drug-likeness (QED) is 0.850. The summed E-state index contributed by atoms with van der Waals surface area (Å²) < 4.78 is 5.46. The highest BCUT2D eigenvalue weighted by atomic mass is 35.5. The Morgan fingerprint density at radius 2 is 1.63 bits per heavy atom. The number of carbonyl (C=O) groups excluding carboxylic acids is 1. The van der Waals surface area contributed by atoms with Gasteiger partial charge in [-0.2, -0.15) is 0 Å². The van der Waals surface area contributed by atoms with Gasteiger partial charge in [-0.1, -0.05) is 36.0 Å². The Balaban J connectivity index is 1.88. The number of ether oxygens (including phenoxy) is 1. The van der Waals surface area contributed by atoms with Gasteiger partial charge < -0.3 is 9.64 Å². The summed E-state index contributed by atoms with van der Waals surface area (Å²) in [5.41, 5.74) is 0. The van der Waals surface area contributed by atoms with Crippen LogP contribution in [0.25, 0.3) is 0 Å². The summed E-state index contributed by atoms with van der Waals surface area (Å²) in [6.45, 7) is 1.70. The second-order valence-electron chi connectivity index (χ2n) is 4.69. The maximum absolute atomic E-state index is 12.0. The molecule has 0 saturated carbocycles. The van der Waals surface area contributed by atoms with Crippen molar-refractivity contribution in [3.8, 4) is 5.75 Å². The maximum Gasteiger partial charge on any atom is 0.260 e. The molecule has 104 valence electrons. The Kier molecular flexibility index (Phi) is 5.34. The molecule has 0 atom stereocenters. The van der Waals surface area contributed by atoms with Crippen molar-refractivity contribution in [3.05, 3.63) is 28.2 Å². The van der Waals surface area contributed by atoms with E-state index in [9.17, 15) is 4.79 Å². The van der Waals surface area contributed by atoms with E-state index >= 15 is 0 Å². The number of halogens is 2. The fourth-order valence-electron chi connectivity index (χ4n) is 2.17. The first-order valence-corrected chi connectivity index (χ1v) is 7.27. The molecule has 1 aromatic carbocycles. The lowest BCUT2D eigenvalue weighted by Crippen LogP contribution is -2.35. The zero-order valence-electron chi connectivity index (χ0n) is 10.7. The second-order valence-corrected chi connectivity index (χ2v) is 5.56. The predicted octanol–water partition coefficient (Wildman–Crippen LogP) is 3.77. The van der Waals surface area contributed by atoms with Crippen molar-refractivity contribution < 1.29 is 9.53 Å². The molecule has 1 fully saturated rings. The van der Waals surface area contributed by atoms with E-state index in [-0.39, 0.29) is 12.5 Å².